The lowest BCUT2D eigenvalue weighted by Crippen LogP contribution is -2.04. The highest BCUT2D eigenvalue weighted by atomic mass is 32.2. The molecule has 0 fully saturated rings. The van der Waals surface area contributed by atoms with Crippen LogP contribution in [-0.4, -0.2) is 14.7 Å². The minimum atomic E-state index is -3.42. The van der Waals surface area contributed by atoms with Crippen molar-refractivity contribution >= 4 is 10.1 Å². The van der Waals surface area contributed by atoms with Crippen LogP contribution in [0.5, 0.6) is 0 Å². The molecule has 0 N–H and O–H groups in total. The van der Waals surface area contributed by atoms with Gasteiger partial charge in [0, 0.05) is 0 Å². The maximum Gasteiger partial charge on any atom is 0.264 e. The number of hydrogen-bond donors (Lipinski definition) is 0. The lowest BCUT2D eigenvalue weighted by molar-refractivity contribution is 0.311. The van der Waals surface area contributed by atoms with E-state index in [0.29, 0.717) is 0 Å². The molecule has 2 aromatic rings. The molecule has 0 unspecified atom stereocenters. The minimum absolute atomic E-state index is 0.0747. The molecule has 0 spiro atoms. The largest absolute Gasteiger partial charge is 0.265 e. The average Bonchev–Trinajstić information content (AvgIpc) is 2.37. The highest BCUT2D eigenvalue weighted by Gasteiger charge is 2.08. The van der Waals surface area contributed by atoms with Crippen molar-refractivity contribution in [3.63, 3.8) is 0 Å². The predicted octanol–water partition coefficient (Wildman–Crippen LogP) is 3.14. The first-order valence-electron chi connectivity index (χ1n) is 5.96. The lowest BCUT2D eigenvalue weighted by Gasteiger charge is -2.11. The highest BCUT2D eigenvalue weighted by molar-refractivity contribution is 7.85. The second-order valence-corrected chi connectivity index (χ2v) is 6.07. The molecule has 100 valence electrons. The van der Waals surface area contributed by atoms with Crippen molar-refractivity contribution in [2.75, 3.05) is 6.26 Å². The topological polar surface area (TPSA) is 43.4 Å². The summed E-state index contributed by atoms with van der Waals surface area (Å²) in [4.78, 5) is 0. The van der Waals surface area contributed by atoms with E-state index in [1.54, 1.807) is 0 Å². The number of rotatable bonds is 4. The van der Waals surface area contributed by atoms with Gasteiger partial charge in [-0.05, 0) is 29.2 Å². The van der Waals surface area contributed by atoms with Gasteiger partial charge in [-0.1, -0.05) is 48.5 Å². The van der Waals surface area contributed by atoms with Crippen molar-refractivity contribution in [1.29, 1.82) is 0 Å². The molecule has 2 rings (SSSR count). The summed E-state index contributed by atoms with van der Waals surface area (Å²) in [6, 6.07) is 15.8. The summed E-state index contributed by atoms with van der Waals surface area (Å²) in [5.41, 5.74) is 4.13. The second-order valence-electron chi connectivity index (χ2n) is 4.42. The van der Waals surface area contributed by atoms with E-state index < -0.39 is 10.1 Å². The summed E-state index contributed by atoms with van der Waals surface area (Å²) in [6.07, 6.45) is 1.06. The normalized spacial score (nSPS) is 11.5. The Hall–Kier alpha value is -1.65. The van der Waals surface area contributed by atoms with Gasteiger partial charge in [0.25, 0.3) is 10.1 Å². The highest BCUT2D eigenvalue weighted by Crippen LogP contribution is 2.26. The monoisotopic (exact) mass is 276 g/mol. The van der Waals surface area contributed by atoms with Gasteiger partial charge < -0.3 is 0 Å². The zero-order chi connectivity index (χ0) is 13.9. The molecule has 0 saturated carbocycles. The third kappa shape index (κ3) is 3.66. The number of benzene rings is 2. The lowest BCUT2D eigenvalue weighted by atomic mass is 9.97. The quantitative estimate of drug-likeness (QED) is 0.806. The molecule has 0 aliphatic carbocycles. The molecule has 0 saturated heterocycles. The van der Waals surface area contributed by atoms with Crippen molar-refractivity contribution < 1.29 is 12.6 Å². The average molecular weight is 276 g/mol. The molecule has 19 heavy (non-hydrogen) atoms. The van der Waals surface area contributed by atoms with E-state index in [9.17, 15) is 8.42 Å². The fourth-order valence-corrected chi connectivity index (χ4v) is 2.28. The van der Waals surface area contributed by atoms with E-state index in [1.807, 2.05) is 55.5 Å². The molecule has 0 atom stereocenters. The van der Waals surface area contributed by atoms with Crippen LogP contribution < -0.4 is 0 Å². The standard InChI is InChI=1S/C15H16O3S/c1-12-14(11-18-19(2,16)17)9-6-10-15(12)13-7-4-3-5-8-13/h3-10H,11H2,1-2H3. The van der Waals surface area contributed by atoms with Gasteiger partial charge in [-0.2, -0.15) is 8.42 Å². The van der Waals surface area contributed by atoms with Gasteiger partial charge in [-0.15, -0.1) is 0 Å². The van der Waals surface area contributed by atoms with E-state index in [2.05, 4.69) is 0 Å². The Bertz CT molecular complexity index is 661. The van der Waals surface area contributed by atoms with Crippen molar-refractivity contribution in [3.8, 4) is 11.1 Å². The zero-order valence-corrected chi connectivity index (χ0v) is 11.8. The van der Waals surface area contributed by atoms with Crippen molar-refractivity contribution in [1.82, 2.24) is 0 Å². The Morgan fingerprint density at radius 2 is 1.68 bits per heavy atom. The molecule has 4 heteroatoms. The van der Waals surface area contributed by atoms with Crippen molar-refractivity contribution in [3.05, 3.63) is 59.7 Å². The van der Waals surface area contributed by atoms with E-state index in [1.165, 1.54) is 0 Å². The molecule has 0 amide bonds. The summed E-state index contributed by atoms with van der Waals surface area (Å²) in [6.45, 7) is 2.05. The van der Waals surface area contributed by atoms with Gasteiger partial charge in [-0.25, -0.2) is 0 Å². The van der Waals surface area contributed by atoms with Gasteiger partial charge in [0.05, 0.1) is 12.9 Å². The molecule has 2 aromatic carbocycles. The predicted molar refractivity (Wildman–Crippen MR) is 76.2 cm³/mol. The van der Waals surface area contributed by atoms with Crippen molar-refractivity contribution in [2.24, 2.45) is 0 Å². The van der Waals surface area contributed by atoms with Crippen LogP contribution >= 0.6 is 0 Å². The Morgan fingerprint density at radius 3 is 2.32 bits per heavy atom. The van der Waals surface area contributed by atoms with E-state index in [4.69, 9.17) is 4.18 Å². The Labute approximate surface area is 114 Å². The Morgan fingerprint density at radius 1 is 1.00 bits per heavy atom. The van der Waals surface area contributed by atoms with Crippen LogP contribution in [0.25, 0.3) is 11.1 Å². The summed E-state index contributed by atoms with van der Waals surface area (Å²) >= 11 is 0. The molecular formula is C15H16O3S. The molecule has 0 aliphatic heterocycles. The molecule has 0 aliphatic rings. The maximum atomic E-state index is 11.0. The van der Waals surface area contributed by atoms with Gasteiger partial charge in [0.15, 0.2) is 0 Å². The zero-order valence-electron chi connectivity index (χ0n) is 11.0. The van der Waals surface area contributed by atoms with Gasteiger partial charge in [0.2, 0.25) is 0 Å². The third-order valence-corrected chi connectivity index (χ3v) is 3.51. The van der Waals surface area contributed by atoms with E-state index in [0.717, 1.165) is 28.5 Å². The van der Waals surface area contributed by atoms with Crippen LogP contribution in [0.3, 0.4) is 0 Å². The fourth-order valence-electron chi connectivity index (χ4n) is 1.94. The van der Waals surface area contributed by atoms with Gasteiger partial charge in [0.1, 0.15) is 0 Å². The summed E-state index contributed by atoms with van der Waals surface area (Å²) in [5, 5.41) is 0. The van der Waals surface area contributed by atoms with Crippen LogP contribution in [-0.2, 0) is 20.9 Å². The maximum absolute atomic E-state index is 11.0. The van der Waals surface area contributed by atoms with Crippen LogP contribution in [0.1, 0.15) is 11.1 Å². The number of hydrogen-bond acceptors (Lipinski definition) is 3. The molecule has 0 aromatic heterocycles. The second kappa shape index (κ2) is 5.55. The molecule has 0 bridgehead atoms. The first-order chi connectivity index (χ1) is 8.97. The van der Waals surface area contributed by atoms with Crippen LogP contribution in [0, 0.1) is 6.92 Å². The van der Waals surface area contributed by atoms with E-state index >= 15 is 0 Å². The van der Waals surface area contributed by atoms with Gasteiger partial charge in [-0.3, -0.25) is 4.18 Å². The van der Waals surface area contributed by atoms with Crippen LogP contribution in [0.2, 0.25) is 0 Å². The first-order valence-corrected chi connectivity index (χ1v) is 7.77. The Kier molecular flexibility index (Phi) is 4.02. The molecular weight excluding hydrogens is 260 g/mol. The minimum Gasteiger partial charge on any atom is -0.265 e. The summed E-state index contributed by atoms with van der Waals surface area (Å²) < 4.78 is 27.0. The summed E-state index contributed by atoms with van der Waals surface area (Å²) in [7, 11) is -3.42. The first kappa shape index (κ1) is 13.8. The van der Waals surface area contributed by atoms with Crippen molar-refractivity contribution in [2.45, 2.75) is 13.5 Å². The smallest absolute Gasteiger partial charge is 0.264 e. The van der Waals surface area contributed by atoms with Crippen LogP contribution in [0.4, 0.5) is 0 Å². The Balaban J connectivity index is 2.34. The molecule has 3 nitrogen and oxygen atoms in total. The fraction of sp³-hybridized carbons (Fsp3) is 0.200. The molecule has 0 heterocycles. The summed E-state index contributed by atoms with van der Waals surface area (Å²) in [5.74, 6) is 0. The third-order valence-electron chi connectivity index (χ3n) is 2.96. The SMILES string of the molecule is Cc1c(COS(C)(=O)=O)cccc1-c1ccccc1. The van der Waals surface area contributed by atoms with Crippen LogP contribution in [0.15, 0.2) is 48.5 Å². The molecule has 0 radical (unpaired) electrons. The van der Waals surface area contributed by atoms with Gasteiger partial charge >= 0.3 is 0 Å². The van der Waals surface area contributed by atoms with E-state index in [-0.39, 0.29) is 6.61 Å².